The molecule has 0 bridgehead atoms. The first-order valence-electron chi connectivity index (χ1n) is 4.95. The van der Waals surface area contributed by atoms with E-state index in [9.17, 15) is 0 Å². The third-order valence-electron chi connectivity index (χ3n) is 2.33. The number of methoxy groups -OCH3 is 1. The average Bonchev–Trinajstić information content (AvgIpc) is 2.17. The smallest absolute Gasteiger partial charge is 0.213 e. The normalized spacial score (nSPS) is 12.6. The van der Waals surface area contributed by atoms with Crippen molar-refractivity contribution in [2.75, 3.05) is 7.11 Å². The van der Waals surface area contributed by atoms with Gasteiger partial charge in [-0.05, 0) is 24.5 Å². The minimum atomic E-state index is 0.0957. The van der Waals surface area contributed by atoms with Crippen molar-refractivity contribution in [2.45, 2.75) is 32.7 Å². The fourth-order valence-corrected chi connectivity index (χ4v) is 1.51. The highest BCUT2D eigenvalue weighted by atomic mass is 16.5. The van der Waals surface area contributed by atoms with Crippen LogP contribution in [0.4, 0.5) is 0 Å². The quantitative estimate of drug-likeness (QED) is 0.799. The van der Waals surface area contributed by atoms with Gasteiger partial charge >= 0.3 is 0 Å². The van der Waals surface area contributed by atoms with Gasteiger partial charge in [0, 0.05) is 18.3 Å². The van der Waals surface area contributed by atoms with Crippen molar-refractivity contribution in [2.24, 2.45) is 5.73 Å². The van der Waals surface area contributed by atoms with Crippen molar-refractivity contribution in [1.29, 1.82) is 0 Å². The zero-order valence-corrected chi connectivity index (χ0v) is 9.08. The Morgan fingerprint density at radius 1 is 1.57 bits per heavy atom. The molecule has 1 heterocycles. The molecule has 0 saturated heterocycles. The van der Waals surface area contributed by atoms with E-state index in [2.05, 4.69) is 11.9 Å². The number of pyridine rings is 1. The van der Waals surface area contributed by atoms with Gasteiger partial charge in [-0.15, -0.1) is 0 Å². The topological polar surface area (TPSA) is 48.1 Å². The van der Waals surface area contributed by atoms with Crippen LogP contribution in [-0.2, 0) is 0 Å². The maximum Gasteiger partial charge on any atom is 0.213 e. The summed E-state index contributed by atoms with van der Waals surface area (Å²) in [4.78, 5) is 4.16. The Balaban J connectivity index is 2.88. The Labute approximate surface area is 85.3 Å². The fraction of sp³-hybridized carbons (Fsp3) is 0.545. The van der Waals surface area contributed by atoms with Crippen molar-refractivity contribution in [1.82, 2.24) is 4.98 Å². The SMILES string of the molecule is CCCC(N)c1cnc(OC)cc1C. The standard InChI is InChI=1S/C11H18N2O/c1-4-5-10(12)9-7-13-11(14-3)6-8(9)2/h6-7,10H,4-5,12H2,1-3H3. The van der Waals surface area contributed by atoms with E-state index in [1.54, 1.807) is 7.11 Å². The fourth-order valence-electron chi connectivity index (χ4n) is 1.51. The van der Waals surface area contributed by atoms with E-state index in [1.807, 2.05) is 19.2 Å². The van der Waals surface area contributed by atoms with Gasteiger partial charge in [0.05, 0.1) is 7.11 Å². The number of nitrogens with two attached hydrogens (primary N) is 1. The predicted molar refractivity (Wildman–Crippen MR) is 57.4 cm³/mol. The highest BCUT2D eigenvalue weighted by molar-refractivity contribution is 5.30. The van der Waals surface area contributed by atoms with E-state index in [0.717, 1.165) is 24.0 Å². The Kier molecular flexibility index (Phi) is 3.89. The Morgan fingerprint density at radius 2 is 2.29 bits per heavy atom. The number of ether oxygens (including phenoxy) is 1. The van der Waals surface area contributed by atoms with Gasteiger partial charge in [-0.3, -0.25) is 0 Å². The van der Waals surface area contributed by atoms with Gasteiger partial charge in [0.1, 0.15) is 0 Å². The maximum atomic E-state index is 6.02. The molecule has 1 aromatic heterocycles. The molecule has 0 aromatic carbocycles. The molecule has 1 unspecified atom stereocenters. The molecule has 2 N–H and O–H groups in total. The molecular formula is C11H18N2O. The lowest BCUT2D eigenvalue weighted by Gasteiger charge is -2.13. The van der Waals surface area contributed by atoms with Crippen LogP contribution in [0.1, 0.15) is 36.9 Å². The van der Waals surface area contributed by atoms with Gasteiger partial charge in [-0.25, -0.2) is 4.98 Å². The molecule has 0 aliphatic carbocycles. The molecule has 0 spiro atoms. The molecule has 0 amide bonds. The van der Waals surface area contributed by atoms with Crippen LogP contribution < -0.4 is 10.5 Å². The van der Waals surface area contributed by atoms with E-state index in [1.165, 1.54) is 0 Å². The Hall–Kier alpha value is -1.09. The molecule has 0 fully saturated rings. The van der Waals surface area contributed by atoms with Crippen LogP contribution in [0.2, 0.25) is 0 Å². The summed E-state index contributed by atoms with van der Waals surface area (Å²) in [5.74, 6) is 0.648. The van der Waals surface area contributed by atoms with Crippen molar-refractivity contribution < 1.29 is 4.74 Å². The average molecular weight is 194 g/mol. The lowest BCUT2D eigenvalue weighted by atomic mass is 10.0. The van der Waals surface area contributed by atoms with E-state index in [4.69, 9.17) is 10.5 Å². The molecule has 0 aliphatic heterocycles. The number of hydrogen-bond acceptors (Lipinski definition) is 3. The van der Waals surface area contributed by atoms with E-state index in [0.29, 0.717) is 5.88 Å². The molecule has 3 nitrogen and oxygen atoms in total. The van der Waals surface area contributed by atoms with Gasteiger partial charge in [0.25, 0.3) is 0 Å². The van der Waals surface area contributed by atoms with Gasteiger partial charge in [-0.1, -0.05) is 13.3 Å². The van der Waals surface area contributed by atoms with E-state index < -0.39 is 0 Å². The number of rotatable bonds is 4. The van der Waals surface area contributed by atoms with Gasteiger partial charge in [0.15, 0.2) is 0 Å². The summed E-state index contributed by atoms with van der Waals surface area (Å²) in [5, 5.41) is 0. The third-order valence-corrected chi connectivity index (χ3v) is 2.33. The Morgan fingerprint density at radius 3 is 2.79 bits per heavy atom. The molecule has 14 heavy (non-hydrogen) atoms. The molecule has 1 atom stereocenters. The van der Waals surface area contributed by atoms with Crippen LogP contribution in [-0.4, -0.2) is 12.1 Å². The van der Waals surface area contributed by atoms with Crippen LogP contribution in [0.15, 0.2) is 12.3 Å². The van der Waals surface area contributed by atoms with Crippen LogP contribution in [0.25, 0.3) is 0 Å². The first kappa shape index (κ1) is 11.0. The van der Waals surface area contributed by atoms with Crippen LogP contribution in [0.3, 0.4) is 0 Å². The zero-order valence-electron chi connectivity index (χ0n) is 9.08. The molecule has 78 valence electrons. The lowest BCUT2D eigenvalue weighted by molar-refractivity contribution is 0.396. The van der Waals surface area contributed by atoms with Crippen LogP contribution in [0, 0.1) is 6.92 Å². The largest absolute Gasteiger partial charge is 0.481 e. The highest BCUT2D eigenvalue weighted by Gasteiger charge is 2.09. The third kappa shape index (κ3) is 2.45. The summed E-state index contributed by atoms with van der Waals surface area (Å²) in [6, 6.07) is 2.02. The second-order valence-corrected chi connectivity index (χ2v) is 3.48. The minimum absolute atomic E-state index is 0.0957. The van der Waals surface area contributed by atoms with Crippen LogP contribution in [0.5, 0.6) is 5.88 Å². The molecule has 0 saturated carbocycles. The van der Waals surface area contributed by atoms with Crippen molar-refractivity contribution >= 4 is 0 Å². The summed E-state index contributed by atoms with van der Waals surface area (Å²) in [5.41, 5.74) is 8.29. The monoisotopic (exact) mass is 194 g/mol. The summed E-state index contributed by atoms with van der Waals surface area (Å²) < 4.78 is 5.04. The van der Waals surface area contributed by atoms with Crippen molar-refractivity contribution in [3.8, 4) is 5.88 Å². The molecule has 1 rings (SSSR count). The Bertz CT molecular complexity index is 299. The van der Waals surface area contributed by atoms with Gasteiger partial charge in [0.2, 0.25) is 5.88 Å². The highest BCUT2D eigenvalue weighted by Crippen LogP contribution is 2.21. The predicted octanol–water partition coefficient (Wildman–Crippen LogP) is 2.20. The van der Waals surface area contributed by atoms with Crippen molar-refractivity contribution in [3.05, 3.63) is 23.4 Å². The second-order valence-electron chi connectivity index (χ2n) is 3.48. The molecule has 0 radical (unpaired) electrons. The first-order chi connectivity index (χ1) is 6.69. The first-order valence-corrected chi connectivity index (χ1v) is 4.95. The number of aromatic nitrogens is 1. The maximum absolute atomic E-state index is 6.02. The summed E-state index contributed by atoms with van der Waals surface area (Å²) >= 11 is 0. The van der Waals surface area contributed by atoms with E-state index >= 15 is 0 Å². The molecule has 3 heteroatoms. The molecule has 0 aliphatic rings. The number of nitrogens with zero attached hydrogens (tertiary/aromatic N) is 1. The second kappa shape index (κ2) is 4.96. The minimum Gasteiger partial charge on any atom is -0.481 e. The van der Waals surface area contributed by atoms with Crippen LogP contribution >= 0.6 is 0 Å². The summed E-state index contributed by atoms with van der Waals surface area (Å²) in [6.45, 7) is 4.17. The number of hydrogen-bond donors (Lipinski definition) is 1. The summed E-state index contributed by atoms with van der Waals surface area (Å²) in [7, 11) is 1.62. The molecule has 1 aromatic rings. The van der Waals surface area contributed by atoms with E-state index in [-0.39, 0.29) is 6.04 Å². The molecular weight excluding hydrogens is 176 g/mol. The van der Waals surface area contributed by atoms with Crippen molar-refractivity contribution in [3.63, 3.8) is 0 Å². The zero-order chi connectivity index (χ0) is 10.6. The lowest BCUT2D eigenvalue weighted by Crippen LogP contribution is -2.11. The van der Waals surface area contributed by atoms with Gasteiger partial charge < -0.3 is 10.5 Å². The van der Waals surface area contributed by atoms with Gasteiger partial charge in [-0.2, -0.15) is 0 Å². The number of aryl methyl sites for hydroxylation is 1. The summed E-state index contributed by atoms with van der Waals surface area (Å²) in [6.07, 6.45) is 3.90.